The van der Waals surface area contributed by atoms with Crippen LogP contribution in [-0.4, -0.2) is 19.4 Å². The van der Waals surface area contributed by atoms with Gasteiger partial charge in [0.2, 0.25) is 10.0 Å². The van der Waals surface area contributed by atoms with Crippen LogP contribution in [0.5, 0.6) is 0 Å². The van der Waals surface area contributed by atoms with Gasteiger partial charge in [-0.25, -0.2) is 8.42 Å². The minimum atomic E-state index is -3.93. The maximum Gasteiger partial charge on any atom is 0.273 e. The quantitative estimate of drug-likeness (QED) is 0.653. The number of hydrogen-bond donors (Lipinski definition) is 1. The average molecular weight is 295 g/mol. The summed E-state index contributed by atoms with van der Waals surface area (Å²) in [7, 11) is -3.93. The number of hydrogen-bond acceptors (Lipinski definition) is 5. The van der Waals surface area contributed by atoms with E-state index in [0.717, 1.165) is 18.9 Å². The van der Waals surface area contributed by atoms with Crippen molar-refractivity contribution in [1.29, 1.82) is 5.26 Å². The van der Waals surface area contributed by atoms with Crippen LogP contribution in [-0.2, 0) is 10.0 Å². The number of nitro benzene ring substituents is 1. The van der Waals surface area contributed by atoms with E-state index in [1.807, 2.05) is 6.07 Å². The highest BCUT2D eigenvalue weighted by atomic mass is 32.2. The van der Waals surface area contributed by atoms with Gasteiger partial charge in [-0.05, 0) is 31.7 Å². The van der Waals surface area contributed by atoms with Gasteiger partial charge in [0, 0.05) is 11.6 Å². The molecule has 0 aliphatic heterocycles. The molecule has 1 aliphatic carbocycles. The van der Waals surface area contributed by atoms with Gasteiger partial charge < -0.3 is 0 Å². The largest absolute Gasteiger partial charge is 0.273 e. The Morgan fingerprint density at radius 2 is 2.15 bits per heavy atom. The molecule has 2 rings (SSSR count). The standard InChI is InChI=1S/C12H13N3O4S/c1-8-2-5-10(6-12(8)15(16)17)20(18,19)14-11(7-13)9-3-4-9/h2,5-6,9,11,14H,3-4H2,1H3. The number of nitriles is 1. The highest BCUT2D eigenvalue weighted by Crippen LogP contribution is 2.33. The van der Waals surface area contributed by atoms with Crippen LogP contribution in [0.25, 0.3) is 0 Å². The van der Waals surface area contributed by atoms with E-state index in [4.69, 9.17) is 5.26 Å². The van der Waals surface area contributed by atoms with Crippen LogP contribution >= 0.6 is 0 Å². The van der Waals surface area contributed by atoms with E-state index < -0.39 is 21.0 Å². The second-order valence-electron chi connectivity index (χ2n) is 4.77. The number of aryl methyl sites for hydroxylation is 1. The summed E-state index contributed by atoms with van der Waals surface area (Å²) in [5.74, 6) is 0.0372. The third kappa shape index (κ3) is 2.95. The van der Waals surface area contributed by atoms with E-state index >= 15 is 0 Å². The second-order valence-corrected chi connectivity index (χ2v) is 6.48. The molecule has 106 valence electrons. The van der Waals surface area contributed by atoms with Gasteiger partial charge in [0.25, 0.3) is 5.69 Å². The lowest BCUT2D eigenvalue weighted by Crippen LogP contribution is -2.35. The van der Waals surface area contributed by atoms with Crippen molar-refractivity contribution in [2.24, 2.45) is 5.92 Å². The van der Waals surface area contributed by atoms with Crippen molar-refractivity contribution in [2.75, 3.05) is 0 Å². The van der Waals surface area contributed by atoms with Crippen LogP contribution in [0.3, 0.4) is 0 Å². The maximum atomic E-state index is 12.1. The third-order valence-corrected chi connectivity index (χ3v) is 4.64. The van der Waals surface area contributed by atoms with Crippen LogP contribution in [0.15, 0.2) is 23.1 Å². The molecule has 0 radical (unpaired) electrons. The predicted molar refractivity (Wildman–Crippen MR) is 70.3 cm³/mol. The summed E-state index contributed by atoms with van der Waals surface area (Å²) in [6.45, 7) is 1.53. The van der Waals surface area contributed by atoms with Gasteiger partial charge in [0.15, 0.2) is 0 Å². The van der Waals surface area contributed by atoms with Crippen LogP contribution in [0, 0.1) is 34.3 Å². The molecule has 1 aromatic rings. The summed E-state index contributed by atoms with van der Waals surface area (Å²) in [5.41, 5.74) is 0.126. The number of nitro groups is 1. The molecule has 1 fully saturated rings. The van der Waals surface area contributed by atoms with E-state index in [2.05, 4.69) is 4.72 Å². The maximum absolute atomic E-state index is 12.1. The summed E-state index contributed by atoms with van der Waals surface area (Å²) >= 11 is 0. The number of sulfonamides is 1. The molecule has 0 saturated heterocycles. The Morgan fingerprint density at radius 3 is 2.65 bits per heavy atom. The van der Waals surface area contributed by atoms with Crippen molar-refractivity contribution in [3.05, 3.63) is 33.9 Å². The molecule has 20 heavy (non-hydrogen) atoms. The van der Waals surface area contributed by atoms with Gasteiger partial charge >= 0.3 is 0 Å². The molecule has 0 spiro atoms. The van der Waals surface area contributed by atoms with E-state index in [9.17, 15) is 18.5 Å². The molecule has 1 unspecified atom stereocenters. The van der Waals surface area contributed by atoms with Crippen LogP contribution < -0.4 is 4.72 Å². The predicted octanol–water partition coefficient (Wildman–Crippen LogP) is 1.48. The molecular weight excluding hydrogens is 282 g/mol. The van der Waals surface area contributed by atoms with E-state index in [0.29, 0.717) is 5.56 Å². The highest BCUT2D eigenvalue weighted by Gasteiger charge is 2.34. The Bertz CT molecular complexity index is 689. The average Bonchev–Trinajstić information content (AvgIpc) is 3.20. The summed E-state index contributed by atoms with van der Waals surface area (Å²) in [6, 6.07) is 4.83. The lowest BCUT2D eigenvalue weighted by atomic mass is 10.2. The van der Waals surface area contributed by atoms with Gasteiger partial charge in [-0.1, -0.05) is 6.07 Å². The number of rotatable bonds is 5. The number of benzene rings is 1. The Kier molecular flexibility index (Phi) is 3.74. The van der Waals surface area contributed by atoms with Crippen LogP contribution in [0.2, 0.25) is 0 Å². The Labute approximate surface area is 116 Å². The first-order valence-electron chi connectivity index (χ1n) is 6.02. The topological polar surface area (TPSA) is 113 Å². The van der Waals surface area contributed by atoms with Crippen LogP contribution in [0.1, 0.15) is 18.4 Å². The molecule has 0 bridgehead atoms. The summed E-state index contributed by atoms with van der Waals surface area (Å²) in [5, 5.41) is 19.8. The van der Waals surface area contributed by atoms with Gasteiger partial charge in [-0.15, -0.1) is 0 Å². The smallest absolute Gasteiger partial charge is 0.258 e. The molecule has 7 nitrogen and oxygen atoms in total. The minimum Gasteiger partial charge on any atom is -0.258 e. The van der Waals surface area contributed by atoms with Crippen molar-refractivity contribution < 1.29 is 13.3 Å². The fraction of sp³-hybridized carbons (Fsp3) is 0.417. The van der Waals surface area contributed by atoms with Gasteiger partial charge in [-0.2, -0.15) is 9.98 Å². The summed E-state index contributed by atoms with van der Waals surface area (Å²) in [4.78, 5) is 10.0. The zero-order valence-electron chi connectivity index (χ0n) is 10.7. The van der Waals surface area contributed by atoms with E-state index in [-0.39, 0.29) is 16.5 Å². The highest BCUT2D eigenvalue weighted by molar-refractivity contribution is 7.89. The number of nitrogens with zero attached hydrogens (tertiary/aromatic N) is 2. The summed E-state index contributed by atoms with van der Waals surface area (Å²) < 4.78 is 26.6. The molecule has 1 N–H and O–H groups in total. The molecule has 8 heteroatoms. The molecule has 1 aromatic carbocycles. The second kappa shape index (κ2) is 5.19. The normalized spacial score (nSPS) is 16.4. The fourth-order valence-corrected chi connectivity index (χ4v) is 3.08. The fourth-order valence-electron chi connectivity index (χ4n) is 1.85. The number of nitrogens with one attached hydrogen (secondary N) is 1. The summed E-state index contributed by atoms with van der Waals surface area (Å²) in [6.07, 6.45) is 1.63. The van der Waals surface area contributed by atoms with E-state index in [1.54, 1.807) is 0 Å². The van der Waals surface area contributed by atoms with Crippen molar-refractivity contribution in [3.63, 3.8) is 0 Å². The lowest BCUT2D eigenvalue weighted by molar-refractivity contribution is -0.385. The minimum absolute atomic E-state index is 0.0372. The molecular formula is C12H13N3O4S. The first kappa shape index (κ1) is 14.4. The lowest BCUT2D eigenvalue weighted by Gasteiger charge is -2.11. The van der Waals surface area contributed by atoms with Crippen molar-refractivity contribution in [3.8, 4) is 6.07 Å². The van der Waals surface area contributed by atoms with Gasteiger partial charge in [0.1, 0.15) is 6.04 Å². The molecule has 0 aromatic heterocycles. The first-order valence-corrected chi connectivity index (χ1v) is 7.50. The molecule has 0 amide bonds. The molecule has 1 saturated carbocycles. The Balaban J connectivity index is 2.32. The van der Waals surface area contributed by atoms with Crippen molar-refractivity contribution >= 4 is 15.7 Å². The van der Waals surface area contributed by atoms with Crippen molar-refractivity contribution in [2.45, 2.75) is 30.7 Å². The van der Waals surface area contributed by atoms with E-state index in [1.165, 1.54) is 19.1 Å². The SMILES string of the molecule is Cc1ccc(S(=O)(=O)NC(C#N)C2CC2)cc1[N+](=O)[O-]. The Hall–Kier alpha value is -1.98. The van der Waals surface area contributed by atoms with Crippen molar-refractivity contribution in [1.82, 2.24) is 4.72 Å². The molecule has 1 atom stereocenters. The molecule has 1 aliphatic rings. The van der Waals surface area contributed by atoms with Crippen LogP contribution in [0.4, 0.5) is 5.69 Å². The zero-order chi connectivity index (χ0) is 14.9. The first-order chi connectivity index (χ1) is 9.35. The van der Waals surface area contributed by atoms with Gasteiger partial charge in [0.05, 0.1) is 15.9 Å². The zero-order valence-corrected chi connectivity index (χ0v) is 11.6. The third-order valence-electron chi connectivity index (χ3n) is 3.20. The Morgan fingerprint density at radius 1 is 1.50 bits per heavy atom. The monoisotopic (exact) mass is 295 g/mol. The van der Waals surface area contributed by atoms with Gasteiger partial charge in [-0.3, -0.25) is 10.1 Å². The molecule has 0 heterocycles.